The van der Waals surface area contributed by atoms with Crippen LogP contribution in [0.3, 0.4) is 0 Å². The second-order valence-electron chi connectivity index (χ2n) is 6.03. The van der Waals surface area contributed by atoms with Crippen molar-refractivity contribution in [2.45, 2.75) is 4.90 Å². The van der Waals surface area contributed by atoms with E-state index in [2.05, 4.69) is 20.0 Å². The van der Waals surface area contributed by atoms with Crippen molar-refractivity contribution in [3.05, 3.63) is 72.5 Å². The van der Waals surface area contributed by atoms with E-state index in [1.807, 2.05) is 0 Å². The highest BCUT2D eigenvalue weighted by Crippen LogP contribution is 2.19. The molecule has 0 radical (unpaired) electrons. The number of nitrogens with one attached hydrogen (secondary N) is 1. The van der Waals surface area contributed by atoms with E-state index >= 15 is 0 Å². The molecule has 4 aromatic rings. The fourth-order valence-electron chi connectivity index (χ4n) is 2.67. The molecule has 29 heavy (non-hydrogen) atoms. The Morgan fingerprint density at radius 2 is 1.83 bits per heavy atom. The van der Waals surface area contributed by atoms with E-state index < -0.39 is 15.8 Å². The third-order valence-electron chi connectivity index (χ3n) is 4.02. The maximum absolute atomic E-state index is 13.5. The molecule has 2 aromatic heterocycles. The summed E-state index contributed by atoms with van der Waals surface area (Å²) in [5.74, 6) is 0.237. The van der Waals surface area contributed by atoms with Crippen LogP contribution in [0.15, 0.2) is 71.6 Å². The molecule has 10 heteroatoms. The van der Waals surface area contributed by atoms with Gasteiger partial charge in [0.1, 0.15) is 12.4 Å². The summed E-state index contributed by atoms with van der Waals surface area (Å²) in [6.45, 7) is 0.137. The van der Waals surface area contributed by atoms with Gasteiger partial charge in [0, 0.05) is 18.2 Å². The Bertz CT molecular complexity index is 1250. The molecule has 8 nitrogen and oxygen atoms in total. The minimum absolute atomic E-state index is 0.0654. The molecule has 2 aromatic carbocycles. The van der Waals surface area contributed by atoms with Crippen LogP contribution in [0.25, 0.3) is 17.0 Å². The number of hydrogen-bond donors (Lipinski definition) is 1. The van der Waals surface area contributed by atoms with Gasteiger partial charge in [-0.25, -0.2) is 17.5 Å². The summed E-state index contributed by atoms with van der Waals surface area (Å²) >= 11 is 0. The Hall–Kier alpha value is -3.37. The molecule has 0 atom stereocenters. The van der Waals surface area contributed by atoms with Gasteiger partial charge in [-0.15, -0.1) is 15.3 Å². The Balaban J connectivity index is 1.44. The minimum atomic E-state index is -3.60. The van der Waals surface area contributed by atoms with Crippen LogP contribution in [0, 0.1) is 5.82 Å². The fourth-order valence-corrected chi connectivity index (χ4v) is 3.71. The predicted octanol–water partition coefficient (Wildman–Crippen LogP) is 2.29. The molecule has 0 aliphatic rings. The molecule has 0 saturated heterocycles. The van der Waals surface area contributed by atoms with Crippen molar-refractivity contribution in [3.63, 3.8) is 0 Å². The number of halogens is 1. The van der Waals surface area contributed by atoms with Crippen molar-refractivity contribution in [2.75, 3.05) is 13.2 Å². The molecule has 0 amide bonds. The minimum Gasteiger partial charge on any atom is -0.475 e. The van der Waals surface area contributed by atoms with Gasteiger partial charge in [0.2, 0.25) is 15.9 Å². The van der Waals surface area contributed by atoms with Gasteiger partial charge in [-0.3, -0.25) is 0 Å². The van der Waals surface area contributed by atoms with Gasteiger partial charge >= 0.3 is 0 Å². The summed E-state index contributed by atoms with van der Waals surface area (Å²) in [5, 5.41) is 12.4. The summed E-state index contributed by atoms with van der Waals surface area (Å²) in [4.78, 5) is 0.184. The van der Waals surface area contributed by atoms with E-state index in [1.165, 1.54) is 28.8 Å². The molecule has 0 fully saturated rings. The van der Waals surface area contributed by atoms with Gasteiger partial charge < -0.3 is 4.74 Å². The number of rotatable bonds is 7. The van der Waals surface area contributed by atoms with Crippen molar-refractivity contribution in [2.24, 2.45) is 0 Å². The molecular formula is C19H16FN5O3S. The molecule has 1 N–H and O–H groups in total. The quantitative estimate of drug-likeness (QED) is 0.467. The third-order valence-corrected chi connectivity index (χ3v) is 5.50. The first kappa shape index (κ1) is 19.0. The Morgan fingerprint density at radius 3 is 2.62 bits per heavy atom. The third kappa shape index (κ3) is 4.23. The van der Waals surface area contributed by atoms with Crippen LogP contribution < -0.4 is 9.46 Å². The first-order valence-corrected chi connectivity index (χ1v) is 10.2. The molecule has 148 valence electrons. The SMILES string of the molecule is O=S(=O)(NCCOc1ccc2nnc(-c3cccc(F)c3)n2n1)c1ccccc1. The Kier molecular flexibility index (Phi) is 5.19. The molecule has 2 heterocycles. The lowest BCUT2D eigenvalue weighted by Crippen LogP contribution is -2.28. The molecule has 0 bridgehead atoms. The van der Waals surface area contributed by atoms with Crippen molar-refractivity contribution < 1.29 is 17.5 Å². The second-order valence-corrected chi connectivity index (χ2v) is 7.80. The van der Waals surface area contributed by atoms with Crippen LogP contribution >= 0.6 is 0 Å². The summed E-state index contributed by atoms with van der Waals surface area (Å²) in [5.41, 5.74) is 0.999. The first-order valence-electron chi connectivity index (χ1n) is 8.69. The highest BCUT2D eigenvalue weighted by atomic mass is 32.2. The lowest BCUT2D eigenvalue weighted by Gasteiger charge is -2.08. The highest BCUT2D eigenvalue weighted by molar-refractivity contribution is 7.89. The summed E-state index contributed by atoms with van der Waals surface area (Å²) in [7, 11) is -3.60. The number of nitrogens with zero attached hydrogens (tertiary/aromatic N) is 4. The number of sulfonamides is 1. The molecule has 4 rings (SSSR count). The lowest BCUT2D eigenvalue weighted by atomic mass is 10.2. The van der Waals surface area contributed by atoms with Crippen LogP contribution in [0.2, 0.25) is 0 Å². The number of ether oxygens (including phenoxy) is 1. The molecule has 0 saturated carbocycles. The van der Waals surface area contributed by atoms with Crippen molar-refractivity contribution in [1.82, 2.24) is 24.5 Å². The monoisotopic (exact) mass is 413 g/mol. The Morgan fingerprint density at radius 1 is 1.00 bits per heavy atom. The number of fused-ring (bicyclic) bond motifs is 1. The average molecular weight is 413 g/mol. The summed E-state index contributed by atoms with van der Waals surface area (Å²) in [6, 6.07) is 17.3. The zero-order chi connectivity index (χ0) is 20.3. The van der Waals surface area contributed by atoms with Crippen LogP contribution in [0.1, 0.15) is 0 Å². The van der Waals surface area contributed by atoms with E-state index in [9.17, 15) is 12.8 Å². The molecule has 0 aliphatic carbocycles. The average Bonchev–Trinajstić information content (AvgIpc) is 3.15. The van der Waals surface area contributed by atoms with Crippen molar-refractivity contribution in [1.29, 1.82) is 0 Å². The topological polar surface area (TPSA) is 98.5 Å². The maximum atomic E-state index is 13.5. The standard InChI is InChI=1S/C19H16FN5O3S/c20-15-6-4-5-14(13-15)19-23-22-17-9-10-18(24-25(17)19)28-12-11-21-29(26,27)16-7-2-1-3-8-16/h1-10,13,21H,11-12H2. The normalized spacial score (nSPS) is 11.6. The van der Waals surface area contributed by atoms with Crippen molar-refractivity contribution >= 4 is 15.7 Å². The van der Waals surface area contributed by atoms with E-state index in [1.54, 1.807) is 42.5 Å². The number of benzene rings is 2. The second kappa shape index (κ2) is 7.94. The molecule has 0 unspecified atom stereocenters. The van der Waals surface area contributed by atoms with Gasteiger partial charge in [0.05, 0.1) is 4.90 Å². The van der Waals surface area contributed by atoms with Crippen LogP contribution in [-0.2, 0) is 10.0 Å². The van der Waals surface area contributed by atoms with Crippen LogP contribution in [-0.4, -0.2) is 41.4 Å². The van der Waals surface area contributed by atoms with E-state index in [4.69, 9.17) is 4.74 Å². The lowest BCUT2D eigenvalue weighted by molar-refractivity contribution is 0.306. The fraction of sp³-hybridized carbons (Fsp3) is 0.105. The van der Waals surface area contributed by atoms with Gasteiger partial charge in [-0.2, -0.15) is 4.52 Å². The zero-order valence-electron chi connectivity index (χ0n) is 15.1. The van der Waals surface area contributed by atoms with E-state index in [0.717, 1.165) is 0 Å². The van der Waals surface area contributed by atoms with Crippen molar-refractivity contribution in [3.8, 4) is 17.3 Å². The molecule has 0 aliphatic heterocycles. The van der Waals surface area contributed by atoms with Crippen LogP contribution in [0.5, 0.6) is 5.88 Å². The van der Waals surface area contributed by atoms with E-state index in [0.29, 0.717) is 17.0 Å². The smallest absolute Gasteiger partial charge is 0.240 e. The zero-order valence-corrected chi connectivity index (χ0v) is 15.9. The number of aromatic nitrogens is 4. The van der Waals surface area contributed by atoms with Gasteiger partial charge in [0.15, 0.2) is 11.5 Å². The maximum Gasteiger partial charge on any atom is 0.240 e. The van der Waals surface area contributed by atoms with Crippen LogP contribution in [0.4, 0.5) is 4.39 Å². The highest BCUT2D eigenvalue weighted by Gasteiger charge is 2.13. The van der Waals surface area contributed by atoms with Gasteiger partial charge in [0.25, 0.3) is 0 Å². The summed E-state index contributed by atoms with van der Waals surface area (Å²) < 4.78 is 47.3. The number of hydrogen-bond acceptors (Lipinski definition) is 6. The Labute approximate surface area is 166 Å². The summed E-state index contributed by atoms with van der Waals surface area (Å²) in [6.07, 6.45) is 0. The van der Waals surface area contributed by atoms with E-state index in [-0.39, 0.29) is 23.9 Å². The molecular weight excluding hydrogens is 397 g/mol. The van der Waals surface area contributed by atoms with Gasteiger partial charge in [-0.05, 0) is 30.3 Å². The predicted molar refractivity (Wildman–Crippen MR) is 103 cm³/mol. The first-order chi connectivity index (χ1) is 14.0. The largest absolute Gasteiger partial charge is 0.475 e. The van der Waals surface area contributed by atoms with Gasteiger partial charge in [-0.1, -0.05) is 30.3 Å². The molecule has 0 spiro atoms.